The van der Waals surface area contributed by atoms with Crippen LogP contribution in [0.4, 0.5) is 17.2 Å². The van der Waals surface area contributed by atoms with Crippen LogP contribution in [0.2, 0.25) is 0 Å². The van der Waals surface area contributed by atoms with Crippen molar-refractivity contribution in [2.75, 3.05) is 42.5 Å². The van der Waals surface area contributed by atoms with Gasteiger partial charge in [0.1, 0.15) is 5.82 Å². The molecule has 1 fully saturated rings. The van der Waals surface area contributed by atoms with Gasteiger partial charge in [-0.05, 0) is 18.2 Å². The second-order valence-corrected chi connectivity index (χ2v) is 4.80. The molecule has 0 atom stereocenters. The van der Waals surface area contributed by atoms with Gasteiger partial charge in [-0.1, -0.05) is 0 Å². The van der Waals surface area contributed by atoms with Gasteiger partial charge in [0.05, 0.1) is 11.4 Å². The lowest BCUT2D eigenvalue weighted by Crippen LogP contribution is -2.44. The minimum Gasteiger partial charge on any atom is -0.399 e. The number of nitrogens with zero attached hydrogens (tertiary/aromatic N) is 3. The van der Waals surface area contributed by atoms with E-state index >= 15 is 0 Å². The zero-order valence-electron chi connectivity index (χ0n) is 11.2. The number of nitrogen functional groups attached to an aromatic ring is 2. The molecular formula is C14H18N6. The summed E-state index contributed by atoms with van der Waals surface area (Å²) < 4.78 is 0. The van der Waals surface area contributed by atoms with E-state index in [4.69, 9.17) is 11.5 Å². The first-order valence-electron chi connectivity index (χ1n) is 6.68. The van der Waals surface area contributed by atoms with E-state index in [9.17, 15) is 0 Å². The second kappa shape index (κ2) is 5.34. The van der Waals surface area contributed by atoms with Crippen molar-refractivity contribution in [3.63, 3.8) is 0 Å². The smallest absolute Gasteiger partial charge is 0.147 e. The van der Waals surface area contributed by atoms with Crippen molar-refractivity contribution in [1.29, 1.82) is 0 Å². The number of nitrogens with one attached hydrogen (secondary N) is 1. The van der Waals surface area contributed by atoms with Gasteiger partial charge in [0.25, 0.3) is 0 Å². The summed E-state index contributed by atoms with van der Waals surface area (Å²) in [5, 5.41) is 3.33. The van der Waals surface area contributed by atoms with Gasteiger partial charge in [-0.15, -0.1) is 0 Å². The van der Waals surface area contributed by atoms with E-state index in [0.29, 0.717) is 11.5 Å². The molecule has 1 aliphatic heterocycles. The van der Waals surface area contributed by atoms with Crippen LogP contribution in [0.3, 0.4) is 0 Å². The minimum absolute atomic E-state index is 0.536. The Labute approximate surface area is 117 Å². The number of piperazine rings is 1. The SMILES string of the molecule is Nc1ccnc(-c2ccnc(N)c2N2CCNCC2)c1. The van der Waals surface area contributed by atoms with Gasteiger partial charge in [-0.3, -0.25) is 4.98 Å². The van der Waals surface area contributed by atoms with Gasteiger partial charge in [0, 0.05) is 49.8 Å². The zero-order valence-corrected chi connectivity index (χ0v) is 11.2. The summed E-state index contributed by atoms with van der Waals surface area (Å²) in [6.07, 6.45) is 3.42. The molecule has 3 heterocycles. The zero-order chi connectivity index (χ0) is 13.9. The molecule has 20 heavy (non-hydrogen) atoms. The van der Waals surface area contributed by atoms with E-state index in [1.165, 1.54) is 0 Å². The first-order chi connectivity index (χ1) is 9.75. The Morgan fingerprint density at radius 1 is 1.05 bits per heavy atom. The Balaban J connectivity index is 2.08. The minimum atomic E-state index is 0.536. The quantitative estimate of drug-likeness (QED) is 0.744. The Bertz CT molecular complexity index is 606. The molecule has 0 saturated carbocycles. The highest BCUT2D eigenvalue weighted by Gasteiger charge is 2.19. The summed E-state index contributed by atoms with van der Waals surface area (Å²) in [6, 6.07) is 5.58. The summed E-state index contributed by atoms with van der Waals surface area (Å²) in [4.78, 5) is 10.9. The summed E-state index contributed by atoms with van der Waals surface area (Å²) in [6.45, 7) is 3.70. The molecule has 5 N–H and O–H groups in total. The summed E-state index contributed by atoms with van der Waals surface area (Å²) >= 11 is 0. The molecule has 0 unspecified atom stereocenters. The Morgan fingerprint density at radius 2 is 1.80 bits per heavy atom. The van der Waals surface area contributed by atoms with Gasteiger partial charge in [0.15, 0.2) is 0 Å². The van der Waals surface area contributed by atoms with E-state index in [2.05, 4.69) is 20.2 Å². The maximum absolute atomic E-state index is 6.10. The van der Waals surface area contributed by atoms with Crippen molar-refractivity contribution in [2.24, 2.45) is 0 Å². The molecule has 1 aliphatic rings. The number of nitrogens with two attached hydrogens (primary N) is 2. The number of hydrogen-bond acceptors (Lipinski definition) is 6. The molecule has 0 aliphatic carbocycles. The molecule has 0 spiro atoms. The maximum Gasteiger partial charge on any atom is 0.147 e. The topological polar surface area (TPSA) is 93.1 Å². The average Bonchev–Trinajstić information content (AvgIpc) is 2.48. The number of rotatable bonds is 2. The number of hydrogen-bond donors (Lipinski definition) is 3. The molecule has 6 heteroatoms. The Hall–Kier alpha value is -2.34. The van der Waals surface area contributed by atoms with Gasteiger partial charge in [-0.2, -0.15) is 0 Å². The monoisotopic (exact) mass is 270 g/mol. The lowest BCUT2D eigenvalue weighted by atomic mass is 10.1. The first-order valence-corrected chi connectivity index (χ1v) is 6.68. The molecular weight excluding hydrogens is 252 g/mol. The van der Waals surface area contributed by atoms with Crippen molar-refractivity contribution < 1.29 is 0 Å². The van der Waals surface area contributed by atoms with Gasteiger partial charge in [0.2, 0.25) is 0 Å². The highest BCUT2D eigenvalue weighted by atomic mass is 15.2. The van der Waals surface area contributed by atoms with Crippen LogP contribution in [-0.2, 0) is 0 Å². The van der Waals surface area contributed by atoms with Crippen LogP contribution in [0, 0.1) is 0 Å². The van der Waals surface area contributed by atoms with Crippen LogP contribution in [0.15, 0.2) is 30.6 Å². The van der Waals surface area contributed by atoms with Crippen molar-refractivity contribution in [3.05, 3.63) is 30.6 Å². The van der Waals surface area contributed by atoms with E-state index in [1.54, 1.807) is 18.5 Å². The Morgan fingerprint density at radius 3 is 2.55 bits per heavy atom. The van der Waals surface area contributed by atoms with Gasteiger partial charge < -0.3 is 21.7 Å². The largest absolute Gasteiger partial charge is 0.399 e. The maximum atomic E-state index is 6.10. The molecule has 0 bridgehead atoms. The highest BCUT2D eigenvalue weighted by molar-refractivity contribution is 5.84. The summed E-state index contributed by atoms with van der Waals surface area (Å²) in [5.41, 5.74) is 15.4. The standard InChI is InChI=1S/C14H18N6/c15-10-1-3-18-12(9-10)11-2-4-19-14(16)13(11)20-7-5-17-6-8-20/h1-4,9,17H,5-8H2,(H2,15,18)(H2,16,19). The van der Waals surface area contributed by atoms with Crippen molar-refractivity contribution in [1.82, 2.24) is 15.3 Å². The number of anilines is 3. The molecule has 104 valence electrons. The van der Waals surface area contributed by atoms with Crippen molar-refractivity contribution in [2.45, 2.75) is 0 Å². The molecule has 6 nitrogen and oxygen atoms in total. The predicted octanol–water partition coefficient (Wildman–Crippen LogP) is 0.718. The summed E-state index contributed by atoms with van der Waals surface area (Å²) in [5.74, 6) is 0.536. The van der Waals surface area contributed by atoms with Crippen LogP contribution in [0.5, 0.6) is 0 Å². The van der Waals surface area contributed by atoms with Crippen molar-refractivity contribution in [3.8, 4) is 11.3 Å². The molecule has 3 rings (SSSR count). The van der Waals surface area contributed by atoms with Crippen LogP contribution in [0.1, 0.15) is 0 Å². The normalized spacial score (nSPS) is 15.3. The second-order valence-electron chi connectivity index (χ2n) is 4.80. The molecule has 2 aromatic heterocycles. The fourth-order valence-electron chi connectivity index (χ4n) is 2.49. The average molecular weight is 270 g/mol. The lowest BCUT2D eigenvalue weighted by Gasteiger charge is -2.31. The van der Waals surface area contributed by atoms with Crippen LogP contribution < -0.4 is 21.7 Å². The molecule has 0 radical (unpaired) electrons. The van der Waals surface area contributed by atoms with E-state index in [1.807, 2.05) is 12.1 Å². The predicted molar refractivity (Wildman–Crippen MR) is 81.4 cm³/mol. The lowest BCUT2D eigenvalue weighted by molar-refractivity contribution is 0.589. The van der Waals surface area contributed by atoms with E-state index < -0.39 is 0 Å². The van der Waals surface area contributed by atoms with Gasteiger partial charge in [-0.25, -0.2) is 4.98 Å². The third kappa shape index (κ3) is 2.37. The van der Waals surface area contributed by atoms with Crippen molar-refractivity contribution >= 4 is 17.2 Å². The van der Waals surface area contributed by atoms with Crippen LogP contribution >= 0.6 is 0 Å². The van der Waals surface area contributed by atoms with Crippen LogP contribution in [0.25, 0.3) is 11.3 Å². The number of pyridine rings is 2. The third-order valence-corrected chi connectivity index (χ3v) is 3.45. The summed E-state index contributed by atoms with van der Waals surface area (Å²) in [7, 11) is 0. The Kier molecular flexibility index (Phi) is 3.39. The van der Waals surface area contributed by atoms with Crippen LogP contribution in [-0.4, -0.2) is 36.1 Å². The van der Waals surface area contributed by atoms with E-state index in [-0.39, 0.29) is 0 Å². The molecule has 2 aromatic rings. The van der Waals surface area contributed by atoms with Gasteiger partial charge >= 0.3 is 0 Å². The highest BCUT2D eigenvalue weighted by Crippen LogP contribution is 2.34. The fourth-order valence-corrected chi connectivity index (χ4v) is 2.49. The third-order valence-electron chi connectivity index (χ3n) is 3.45. The molecule has 1 saturated heterocycles. The molecule has 0 aromatic carbocycles. The molecule has 0 amide bonds. The number of aromatic nitrogens is 2. The first kappa shape index (κ1) is 12.7. The van der Waals surface area contributed by atoms with E-state index in [0.717, 1.165) is 43.1 Å². The fraction of sp³-hybridized carbons (Fsp3) is 0.286.